The van der Waals surface area contributed by atoms with Gasteiger partial charge in [0.25, 0.3) is 0 Å². The van der Waals surface area contributed by atoms with Crippen molar-refractivity contribution in [1.82, 2.24) is 0 Å². The standard InChI is InChI=1S/C10H14O/c1-8-5-4-6-10(3,7-8)9(2)11/h4-5,7H,6H2,1-3H3. The van der Waals surface area contributed by atoms with Gasteiger partial charge in [0.1, 0.15) is 5.78 Å². The van der Waals surface area contributed by atoms with E-state index < -0.39 is 0 Å². The molecular weight excluding hydrogens is 136 g/mol. The minimum absolute atomic E-state index is 0.237. The van der Waals surface area contributed by atoms with Crippen LogP contribution in [0.5, 0.6) is 0 Å². The molecule has 1 nitrogen and oxygen atoms in total. The lowest BCUT2D eigenvalue weighted by Crippen LogP contribution is -2.23. The Hall–Kier alpha value is -0.850. The van der Waals surface area contributed by atoms with E-state index in [0.29, 0.717) is 0 Å². The number of ketones is 1. The third kappa shape index (κ3) is 1.59. The zero-order valence-corrected chi connectivity index (χ0v) is 7.35. The summed E-state index contributed by atoms with van der Waals surface area (Å²) in [5, 5.41) is 0. The molecular formula is C10H14O. The second kappa shape index (κ2) is 2.65. The summed E-state index contributed by atoms with van der Waals surface area (Å²) in [4.78, 5) is 11.2. The lowest BCUT2D eigenvalue weighted by molar-refractivity contribution is -0.123. The summed E-state index contributed by atoms with van der Waals surface area (Å²) in [6.07, 6.45) is 7.02. The molecule has 0 aromatic carbocycles. The second-order valence-electron chi connectivity index (χ2n) is 3.47. The first kappa shape index (κ1) is 8.25. The fourth-order valence-corrected chi connectivity index (χ4v) is 1.34. The summed E-state index contributed by atoms with van der Waals surface area (Å²) < 4.78 is 0. The molecule has 0 bridgehead atoms. The molecule has 0 aromatic heterocycles. The maximum absolute atomic E-state index is 11.2. The molecule has 1 aliphatic rings. The molecule has 0 heterocycles. The molecule has 1 heteroatoms. The Bertz CT molecular complexity index is 235. The van der Waals surface area contributed by atoms with Crippen molar-refractivity contribution in [2.45, 2.75) is 27.2 Å². The van der Waals surface area contributed by atoms with Crippen molar-refractivity contribution in [3.8, 4) is 0 Å². The van der Waals surface area contributed by atoms with Crippen LogP contribution in [0.1, 0.15) is 27.2 Å². The molecule has 0 N–H and O–H groups in total. The third-order valence-corrected chi connectivity index (χ3v) is 2.27. The van der Waals surface area contributed by atoms with Gasteiger partial charge in [-0.3, -0.25) is 4.79 Å². The molecule has 1 aliphatic carbocycles. The van der Waals surface area contributed by atoms with E-state index in [-0.39, 0.29) is 11.2 Å². The molecule has 0 aromatic rings. The Morgan fingerprint density at radius 2 is 2.27 bits per heavy atom. The van der Waals surface area contributed by atoms with Crippen molar-refractivity contribution in [3.05, 3.63) is 23.8 Å². The summed E-state index contributed by atoms with van der Waals surface area (Å²) >= 11 is 0. The number of hydrogen-bond donors (Lipinski definition) is 0. The van der Waals surface area contributed by atoms with Crippen molar-refractivity contribution < 1.29 is 4.79 Å². The zero-order chi connectivity index (χ0) is 8.48. The molecule has 60 valence electrons. The Kier molecular flexibility index (Phi) is 1.99. The van der Waals surface area contributed by atoms with Crippen LogP contribution in [-0.2, 0) is 4.79 Å². The van der Waals surface area contributed by atoms with Gasteiger partial charge in [0.05, 0.1) is 0 Å². The monoisotopic (exact) mass is 150 g/mol. The van der Waals surface area contributed by atoms with Gasteiger partial charge >= 0.3 is 0 Å². The van der Waals surface area contributed by atoms with E-state index in [9.17, 15) is 4.79 Å². The Morgan fingerprint density at radius 3 is 2.64 bits per heavy atom. The highest BCUT2D eigenvalue weighted by Crippen LogP contribution is 2.30. The molecule has 0 amide bonds. The highest BCUT2D eigenvalue weighted by atomic mass is 16.1. The lowest BCUT2D eigenvalue weighted by Gasteiger charge is -2.24. The van der Waals surface area contributed by atoms with Crippen LogP contribution in [0.4, 0.5) is 0 Å². The smallest absolute Gasteiger partial charge is 0.139 e. The zero-order valence-electron chi connectivity index (χ0n) is 7.35. The Balaban J connectivity index is 2.92. The summed E-state index contributed by atoms with van der Waals surface area (Å²) in [5.74, 6) is 0.251. The molecule has 0 fully saturated rings. The van der Waals surface area contributed by atoms with Crippen LogP contribution >= 0.6 is 0 Å². The average Bonchev–Trinajstić information content (AvgIpc) is 1.86. The van der Waals surface area contributed by atoms with Gasteiger partial charge in [0.15, 0.2) is 0 Å². The largest absolute Gasteiger partial charge is 0.299 e. The van der Waals surface area contributed by atoms with E-state index in [0.717, 1.165) is 6.42 Å². The Labute approximate surface area is 67.8 Å². The van der Waals surface area contributed by atoms with E-state index in [1.54, 1.807) is 6.92 Å². The molecule has 1 rings (SSSR count). The van der Waals surface area contributed by atoms with Crippen LogP contribution < -0.4 is 0 Å². The molecule has 0 radical (unpaired) electrons. The van der Waals surface area contributed by atoms with Crippen molar-refractivity contribution in [1.29, 1.82) is 0 Å². The van der Waals surface area contributed by atoms with Gasteiger partial charge in [-0.05, 0) is 27.2 Å². The fourth-order valence-electron chi connectivity index (χ4n) is 1.34. The maximum atomic E-state index is 11.2. The first-order chi connectivity index (χ1) is 5.04. The SMILES string of the molecule is CC(=O)C1(C)C=C(C)C=CC1. The van der Waals surface area contributed by atoms with Crippen LogP contribution in [0, 0.1) is 5.41 Å². The molecule has 11 heavy (non-hydrogen) atoms. The fraction of sp³-hybridized carbons (Fsp3) is 0.500. The highest BCUT2D eigenvalue weighted by molar-refractivity contribution is 5.84. The molecule has 1 atom stereocenters. The normalized spacial score (nSPS) is 29.9. The molecule has 0 spiro atoms. The average molecular weight is 150 g/mol. The van der Waals surface area contributed by atoms with Gasteiger partial charge in [0, 0.05) is 5.41 Å². The minimum Gasteiger partial charge on any atom is -0.299 e. The predicted octanol–water partition coefficient (Wildman–Crippen LogP) is 2.49. The van der Waals surface area contributed by atoms with Crippen LogP contribution in [-0.4, -0.2) is 5.78 Å². The number of allylic oxidation sites excluding steroid dienone is 4. The lowest BCUT2D eigenvalue weighted by atomic mass is 9.79. The number of hydrogen-bond acceptors (Lipinski definition) is 1. The molecule has 0 saturated carbocycles. The van der Waals surface area contributed by atoms with Crippen molar-refractivity contribution >= 4 is 5.78 Å². The first-order valence-corrected chi connectivity index (χ1v) is 3.92. The third-order valence-electron chi connectivity index (χ3n) is 2.27. The van der Waals surface area contributed by atoms with E-state index in [1.165, 1.54) is 5.57 Å². The molecule has 1 unspecified atom stereocenters. The first-order valence-electron chi connectivity index (χ1n) is 3.92. The summed E-state index contributed by atoms with van der Waals surface area (Å²) in [5.41, 5.74) is 0.952. The quantitative estimate of drug-likeness (QED) is 0.561. The second-order valence-corrected chi connectivity index (χ2v) is 3.47. The van der Waals surface area contributed by atoms with Crippen molar-refractivity contribution in [3.63, 3.8) is 0 Å². The van der Waals surface area contributed by atoms with Gasteiger partial charge in [-0.1, -0.05) is 23.8 Å². The minimum atomic E-state index is -0.237. The topological polar surface area (TPSA) is 17.1 Å². The van der Waals surface area contributed by atoms with E-state index in [4.69, 9.17) is 0 Å². The number of rotatable bonds is 1. The van der Waals surface area contributed by atoms with Crippen molar-refractivity contribution in [2.75, 3.05) is 0 Å². The van der Waals surface area contributed by atoms with Crippen LogP contribution in [0.3, 0.4) is 0 Å². The van der Waals surface area contributed by atoms with Gasteiger partial charge in [0.2, 0.25) is 0 Å². The summed E-state index contributed by atoms with van der Waals surface area (Å²) in [7, 11) is 0. The van der Waals surface area contributed by atoms with E-state index >= 15 is 0 Å². The number of carbonyl (C=O) groups excluding carboxylic acids is 1. The number of carbonyl (C=O) groups is 1. The van der Waals surface area contributed by atoms with E-state index in [1.807, 2.05) is 13.8 Å². The Morgan fingerprint density at radius 1 is 1.64 bits per heavy atom. The van der Waals surface area contributed by atoms with Gasteiger partial charge in [-0.25, -0.2) is 0 Å². The van der Waals surface area contributed by atoms with Gasteiger partial charge in [-0.15, -0.1) is 0 Å². The van der Waals surface area contributed by atoms with E-state index in [2.05, 4.69) is 18.2 Å². The van der Waals surface area contributed by atoms with Crippen LogP contribution in [0.25, 0.3) is 0 Å². The van der Waals surface area contributed by atoms with Crippen LogP contribution in [0.2, 0.25) is 0 Å². The van der Waals surface area contributed by atoms with Crippen LogP contribution in [0.15, 0.2) is 23.8 Å². The summed E-state index contributed by atoms with van der Waals surface area (Å²) in [6.45, 7) is 5.67. The van der Waals surface area contributed by atoms with Gasteiger partial charge in [-0.2, -0.15) is 0 Å². The molecule has 0 aliphatic heterocycles. The highest BCUT2D eigenvalue weighted by Gasteiger charge is 2.27. The predicted molar refractivity (Wildman–Crippen MR) is 46.3 cm³/mol. The molecule has 0 saturated heterocycles. The van der Waals surface area contributed by atoms with Gasteiger partial charge < -0.3 is 0 Å². The number of Topliss-reactive ketones (excluding diaryl/α,β-unsaturated/α-hetero) is 1. The summed E-state index contributed by atoms with van der Waals surface area (Å²) in [6, 6.07) is 0. The maximum Gasteiger partial charge on any atom is 0.139 e. The van der Waals surface area contributed by atoms with Crippen molar-refractivity contribution in [2.24, 2.45) is 5.41 Å².